The zero-order valence-electron chi connectivity index (χ0n) is 18.0. The molecule has 4 heteroatoms. The van der Waals surface area contributed by atoms with E-state index in [1.165, 1.54) is 96.3 Å². The van der Waals surface area contributed by atoms with Crippen LogP contribution in [-0.4, -0.2) is 25.0 Å². The average molecular weight is 380 g/mol. The maximum absolute atomic E-state index is 11.7. The minimum atomic E-state index is -0.0865. The van der Waals surface area contributed by atoms with E-state index in [1.54, 1.807) is 0 Å². The number of hydrogen-bond donors (Lipinski definition) is 2. The van der Waals surface area contributed by atoms with E-state index in [0.29, 0.717) is 0 Å². The molecular weight excluding hydrogens is 334 g/mol. The molecule has 1 aliphatic rings. The van der Waals surface area contributed by atoms with Gasteiger partial charge in [0, 0.05) is 19.5 Å². The number of amides is 2. The number of amidine groups is 1. The van der Waals surface area contributed by atoms with Crippen molar-refractivity contribution in [3.8, 4) is 0 Å². The molecule has 0 saturated carbocycles. The van der Waals surface area contributed by atoms with Crippen LogP contribution in [0.5, 0.6) is 0 Å². The third kappa shape index (κ3) is 15.7. The van der Waals surface area contributed by atoms with E-state index < -0.39 is 0 Å². The van der Waals surface area contributed by atoms with Gasteiger partial charge in [-0.3, -0.25) is 10.3 Å². The van der Waals surface area contributed by atoms with E-state index in [0.717, 1.165) is 38.2 Å². The Balaban J connectivity index is 1.70. The molecular formula is C23H45N3O. The van der Waals surface area contributed by atoms with Crippen LogP contribution in [0.15, 0.2) is 4.99 Å². The van der Waals surface area contributed by atoms with Gasteiger partial charge in [-0.25, -0.2) is 4.79 Å². The fraction of sp³-hybridized carbons (Fsp3) is 0.913. The van der Waals surface area contributed by atoms with E-state index in [2.05, 4.69) is 22.5 Å². The Labute approximate surface area is 168 Å². The predicted octanol–water partition coefficient (Wildman–Crippen LogP) is 6.74. The Hall–Kier alpha value is -1.06. The Bertz CT molecular complexity index is 382. The summed E-state index contributed by atoms with van der Waals surface area (Å²) >= 11 is 0. The summed E-state index contributed by atoms with van der Waals surface area (Å²) < 4.78 is 0. The van der Waals surface area contributed by atoms with Gasteiger partial charge in [0.25, 0.3) is 0 Å². The summed E-state index contributed by atoms with van der Waals surface area (Å²) in [5.74, 6) is 0.847. The highest BCUT2D eigenvalue weighted by molar-refractivity contribution is 5.98. The molecule has 1 aliphatic heterocycles. The third-order valence-electron chi connectivity index (χ3n) is 5.45. The average Bonchev–Trinajstić information content (AvgIpc) is 3.17. The number of rotatable bonds is 17. The van der Waals surface area contributed by atoms with Gasteiger partial charge in [-0.2, -0.15) is 0 Å². The lowest BCUT2D eigenvalue weighted by Gasteiger charge is -2.07. The van der Waals surface area contributed by atoms with Crippen molar-refractivity contribution >= 4 is 11.9 Å². The van der Waals surface area contributed by atoms with Gasteiger partial charge in [0.2, 0.25) is 0 Å². The maximum atomic E-state index is 11.7. The first kappa shape index (κ1) is 24.0. The van der Waals surface area contributed by atoms with E-state index in [9.17, 15) is 4.79 Å². The summed E-state index contributed by atoms with van der Waals surface area (Å²) in [6, 6.07) is -0.0865. The fourth-order valence-electron chi connectivity index (χ4n) is 3.69. The summed E-state index contributed by atoms with van der Waals surface area (Å²) in [6.07, 6.45) is 24.0. The summed E-state index contributed by atoms with van der Waals surface area (Å²) in [7, 11) is 0. The first-order valence-electron chi connectivity index (χ1n) is 11.9. The molecule has 0 aromatic rings. The van der Waals surface area contributed by atoms with Crippen molar-refractivity contribution in [1.82, 2.24) is 10.6 Å². The van der Waals surface area contributed by atoms with Crippen LogP contribution in [0.2, 0.25) is 0 Å². The normalized spacial score (nSPS) is 13.6. The second-order valence-electron chi connectivity index (χ2n) is 8.12. The van der Waals surface area contributed by atoms with E-state index in [-0.39, 0.29) is 6.03 Å². The van der Waals surface area contributed by atoms with Gasteiger partial charge in [-0.1, -0.05) is 103 Å². The number of unbranched alkanes of at least 4 members (excludes halogenated alkanes) is 15. The molecule has 0 aliphatic carbocycles. The van der Waals surface area contributed by atoms with Gasteiger partial charge in [0.1, 0.15) is 5.84 Å². The van der Waals surface area contributed by atoms with Crippen molar-refractivity contribution in [2.24, 2.45) is 4.99 Å². The Kier molecular flexibility index (Phi) is 16.3. The topological polar surface area (TPSA) is 53.5 Å². The number of nitrogens with zero attached hydrogens (tertiary/aromatic N) is 1. The van der Waals surface area contributed by atoms with Crippen molar-refractivity contribution in [1.29, 1.82) is 0 Å². The molecule has 0 radical (unpaired) electrons. The highest BCUT2D eigenvalue weighted by atomic mass is 16.2. The van der Waals surface area contributed by atoms with Crippen molar-refractivity contribution in [3.05, 3.63) is 0 Å². The number of nitrogens with one attached hydrogen (secondary N) is 2. The van der Waals surface area contributed by atoms with Gasteiger partial charge in [0.05, 0.1) is 0 Å². The van der Waals surface area contributed by atoms with Gasteiger partial charge in [-0.15, -0.1) is 0 Å². The van der Waals surface area contributed by atoms with Gasteiger partial charge in [0.15, 0.2) is 0 Å². The summed E-state index contributed by atoms with van der Waals surface area (Å²) in [6.45, 7) is 3.92. The maximum Gasteiger partial charge on any atom is 0.320 e. The molecule has 158 valence electrons. The fourth-order valence-corrected chi connectivity index (χ4v) is 3.69. The molecule has 0 aromatic carbocycles. The number of carbonyl (C=O) groups excluding carboxylic acids is 1. The quantitative estimate of drug-likeness (QED) is 0.270. The monoisotopic (exact) mass is 379 g/mol. The Morgan fingerprint density at radius 3 is 1.70 bits per heavy atom. The second kappa shape index (κ2) is 18.3. The lowest BCUT2D eigenvalue weighted by Crippen LogP contribution is -2.39. The number of urea groups is 1. The van der Waals surface area contributed by atoms with Gasteiger partial charge < -0.3 is 5.32 Å². The molecule has 0 fully saturated rings. The van der Waals surface area contributed by atoms with Crippen molar-refractivity contribution in [3.63, 3.8) is 0 Å². The van der Waals surface area contributed by atoms with E-state index in [1.807, 2.05) is 0 Å². The van der Waals surface area contributed by atoms with Crippen LogP contribution < -0.4 is 10.6 Å². The molecule has 2 amide bonds. The molecule has 0 aromatic heterocycles. The molecule has 0 atom stereocenters. The molecule has 27 heavy (non-hydrogen) atoms. The van der Waals surface area contributed by atoms with Crippen molar-refractivity contribution < 1.29 is 4.79 Å². The number of hydrogen-bond acceptors (Lipinski definition) is 2. The highest BCUT2D eigenvalue weighted by Crippen LogP contribution is 2.13. The smallest absolute Gasteiger partial charge is 0.320 e. The van der Waals surface area contributed by atoms with Crippen LogP contribution >= 0.6 is 0 Å². The molecule has 1 heterocycles. The Morgan fingerprint density at radius 2 is 1.26 bits per heavy atom. The van der Waals surface area contributed by atoms with Crippen LogP contribution in [0, 0.1) is 0 Å². The minimum Gasteiger partial charge on any atom is -0.338 e. The SMILES string of the molecule is CCCCCCCCCCCCCCCCCCNC(=O)NC1=NCCC1. The standard InChI is InChI=1S/C23H45N3O/c1-2-3-4-5-6-7-8-9-10-11-12-13-14-15-16-17-20-25-23(27)26-22-19-18-21-24-22/h2-21H2,1H3,(H2,24,25,26,27). The zero-order valence-corrected chi connectivity index (χ0v) is 18.0. The minimum absolute atomic E-state index is 0.0865. The summed E-state index contributed by atoms with van der Waals surface area (Å²) in [4.78, 5) is 15.9. The molecule has 0 spiro atoms. The molecule has 2 N–H and O–H groups in total. The van der Waals surface area contributed by atoms with Crippen molar-refractivity contribution in [2.75, 3.05) is 13.1 Å². The Morgan fingerprint density at radius 1 is 0.778 bits per heavy atom. The molecule has 0 saturated heterocycles. The number of carbonyl (C=O) groups is 1. The first-order chi connectivity index (χ1) is 13.3. The largest absolute Gasteiger partial charge is 0.338 e. The molecule has 0 unspecified atom stereocenters. The number of aliphatic imine (C=N–C) groups is 1. The lowest BCUT2D eigenvalue weighted by molar-refractivity contribution is 0.245. The highest BCUT2D eigenvalue weighted by Gasteiger charge is 2.08. The predicted molar refractivity (Wildman–Crippen MR) is 118 cm³/mol. The van der Waals surface area contributed by atoms with Crippen LogP contribution in [0.1, 0.15) is 122 Å². The molecule has 1 rings (SSSR count). The van der Waals surface area contributed by atoms with E-state index in [4.69, 9.17) is 0 Å². The molecule has 0 bridgehead atoms. The van der Waals surface area contributed by atoms with Crippen LogP contribution in [0.25, 0.3) is 0 Å². The van der Waals surface area contributed by atoms with Crippen LogP contribution in [0.3, 0.4) is 0 Å². The van der Waals surface area contributed by atoms with Gasteiger partial charge >= 0.3 is 6.03 Å². The zero-order chi connectivity index (χ0) is 19.4. The third-order valence-corrected chi connectivity index (χ3v) is 5.45. The summed E-state index contributed by atoms with van der Waals surface area (Å²) in [5, 5.41) is 5.76. The van der Waals surface area contributed by atoms with E-state index >= 15 is 0 Å². The second-order valence-corrected chi connectivity index (χ2v) is 8.12. The first-order valence-corrected chi connectivity index (χ1v) is 11.9. The summed E-state index contributed by atoms with van der Waals surface area (Å²) in [5.41, 5.74) is 0. The lowest BCUT2D eigenvalue weighted by atomic mass is 10.0. The van der Waals surface area contributed by atoms with Crippen LogP contribution in [-0.2, 0) is 0 Å². The van der Waals surface area contributed by atoms with Crippen LogP contribution in [0.4, 0.5) is 4.79 Å². The van der Waals surface area contributed by atoms with Crippen molar-refractivity contribution in [2.45, 2.75) is 122 Å². The molecule has 4 nitrogen and oxygen atoms in total. The van der Waals surface area contributed by atoms with Gasteiger partial charge in [-0.05, 0) is 12.8 Å².